The van der Waals surface area contributed by atoms with Gasteiger partial charge in [0.05, 0.1) is 0 Å². The molecule has 1 aromatic carbocycles. The lowest BCUT2D eigenvalue weighted by Crippen LogP contribution is -2.24. The van der Waals surface area contributed by atoms with Crippen LogP contribution in [0.5, 0.6) is 5.75 Å². The third-order valence-electron chi connectivity index (χ3n) is 3.52. The van der Waals surface area contributed by atoms with Crippen molar-refractivity contribution in [3.63, 3.8) is 0 Å². The predicted octanol–water partition coefficient (Wildman–Crippen LogP) is 3.75. The second kappa shape index (κ2) is 8.62. The summed E-state index contributed by atoms with van der Waals surface area (Å²) in [6, 6.07) is 10.0. The van der Waals surface area contributed by atoms with Crippen LogP contribution in [0.1, 0.15) is 48.8 Å². The first-order chi connectivity index (χ1) is 12.7. The molecule has 0 unspecified atom stereocenters. The van der Waals surface area contributed by atoms with Crippen molar-refractivity contribution in [3.05, 3.63) is 53.2 Å². The number of nitrogens with one attached hydrogen (secondary N) is 2. The monoisotopic (exact) mass is 373 g/mol. The number of nitrogens with zero attached hydrogens (tertiary/aromatic N) is 1. The molecule has 0 saturated carbocycles. The summed E-state index contributed by atoms with van der Waals surface area (Å²) < 4.78 is 18.8. The average molecular weight is 373 g/mol. The molecule has 7 heteroatoms. The zero-order chi connectivity index (χ0) is 20.0. The summed E-state index contributed by atoms with van der Waals surface area (Å²) >= 11 is 0. The van der Waals surface area contributed by atoms with E-state index < -0.39 is 5.85 Å². The molecule has 2 rings (SSSR count). The standard InChI is InChI=1S/C20H24FN3O3/c1-5-18(25)24-17-11-15(9-13(2)23-17)19(26)22-12-14-7-6-8-16(10-14)27-20(3,4)21/h6-11H,5,12H2,1-4H3,(H,22,26)(H,23,24,25). The number of halogens is 1. The highest BCUT2D eigenvalue weighted by molar-refractivity contribution is 5.96. The van der Waals surface area contributed by atoms with Crippen LogP contribution in [0, 0.1) is 6.92 Å². The molecule has 144 valence electrons. The number of aryl methyl sites for hydroxylation is 1. The van der Waals surface area contributed by atoms with Gasteiger partial charge in [-0.25, -0.2) is 4.98 Å². The second-order valence-corrected chi connectivity index (χ2v) is 6.58. The summed E-state index contributed by atoms with van der Waals surface area (Å²) in [5.74, 6) is -1.53. The Morgan fingerprint density at radius 2 is 1.96 bits per heavy atom. The smallest absolute Gasteiger partial charge is 0.251 e. The number of carbonyl (C=O) groups is 2. The van der Waals surface area contributed by atoms with E-state index in [1.807, 2.05) is 6.07 Å². The lowest BCUT2D eigenvalue weighted by molar-refractivity contribution is -0.115. The molecule has 0 spiro atoms. The van der Waals surface area contributed by atoms with Crippen LogP contribution < -0.4 is 15.4 Å². The summed E-state index contributed by atoms with van der Waals surface area (Å²) in [6.45, 7) is 6.38. The van der Waals surface area contributed by atoms with Crippen molar-refractivity contribution >= 4 is 17.6 Å². The molecule has 0 saturated heterocycles. The van der Waals surface area contributed by atoms with Gasteiger partial charge >= 0.3 is 0 Å². The molecule has 0 aliphatic rings. The summed E-state index contributed by atoms with van der Waals surface area (Å²) in [5.41, 5.74) is 1.79. The fourth-order valence-electron chi connectivity index (χ4n) is 2.38. The van der Waals surface area contributed by atoms with Crippen molar-refractivity contribution in [2.24, 2.45) is 0 Å². The summed E-state index contributed by atoms with van der Waals surface area (Å²) in [7, 11) is 0. The maximum absolute atomic E-state index is 13.6. The van der Waals surface area contributed by atoms with Gasteiger partial charge in [0.1, 0.15) is 11.6 Å². The number of aromatic nitrogens is 1. The Kier molecular flexibility index (Phi) is 6.50. The molecule has 2 aromatic rings. The van der Waals surface area contributed by atoms with E-state index in [4.69, 9.17) is 4.74 Å². The van der Waals surface area contributed by atoms with Crippen LogP contribution in [0.4, 0.5) is 10.2 Å². The minimum Gasteiger partial charge on any atom is -0.459 e. The number of anilines is 1. The number of pyridine rings is 1. The van der Waals surface area contributed by atoms with Gasteiger partial charge in [-0.1, -0.05) is 19.1 Å². The molecule has 0 aliphatic carbocycles. The van der Waals surface area contributed by atoms with Gasteiger partial charge in [-0.2, -0.15) is 4.39 Å². The van der Waals surface area contributed by atoms with Gasteiger partial charge < -0.3 is 15.4 Å². The minimum absolute atomic E-state index is 0.174. The van der Waals surface area contributed by atoms with Crippen LogP contribution in [0.15, 0.2) is 36.4 Å². The van der Waals surface area contributed by atoms with Gasteiger partial charge in [0, 0.05) is 38.1 Å². The quantitative estimate of drug-likeness (QED) is 0.775. The molecular weight excluding hydrogens is 349 g/mol. The Morgan fingerprint density at radius 3 is 2.63 bits per heavy atom. The summed E-state index contributed by atoms with van der Waals surface area (Å²) in [5, 5.41) is 5.45. The number of hydrogen-bond donors (Lipinski definition) is 2. The van der Waals surface area contributed by atoms with Gasteiger partial charge in [-0.3, -0.25) is 9.59 Å². The van der Waals surface area contributed by atoms with E-state index in [1.165, 1.54) is 19.9 Å². The van der Waals surface area contributed by atoms with Crippen LogP contribution in [-0.4, -0.2) is 22.7 Å². The minimum atomic E-state index is -1.78. The number of benzene rings is 1. The lowest BCUT2D eigenvalue weighted by atomic mass is 10.2. The number of carbonyl (C=O) groups excluding carboxylic acids is 2. The van der Waals surface area contributed by atoms with Crippen LogP contribution >= 0.6 is 0 Å². The van der Waals surface area contributed by atoms with Crippen molar-refractivity contribution in [1.82, 2.24) is 10.3 Å². The first-order valence-electron chi connectivity index (χ1n) is 8.70. The van der Waals surface area contributed by atoms with E-state index in [0.29, 0.717) is 29.2 Å². The molecule has 0 bridgehead atoms. The molecule has 27 heavy (non-hydrogen) atoms. The average Bonchev–Trinajstić information content (AvgIpc) is 2.57. The van der Waals surface area contributed by atoms with Crippen LogP contribution in [0.3, 0.4) is 0 Å². The van der Waals surface area contributed by atoms with Gasteiger partial charge in [-0.05, 0) is 36.8 Å². The first kappa shape index (κ1) is 20.4. The molecule has 1 heterocycles. The van der Waals surface area contributed by atoms with Gasteiger partial charge in [0.15, 0.2) is 0 Å². The molecule has 0 fully saturated rings. The number of rotatable bonds is 7. The Labute approximate surface area is 158 Å². The normalized spacial score (nSPS) is 11.0. The SMILES string of the molecule is CCC(=O)Nc1cc(C(=O)NCc2cccc(OC(C)(C)F)c2)cc(C)n1. The Morgan fingerprint density at radius 1 is 1.22 bits per heavy atom. The molecular formula is C20H24FN3O3. The van der Waals surface area contributed by atoms with Crippen LogP contribution in [-0.2, 0) is 11.3 Å². The van der Waals surface area contributed by atoms with E-state index in [9.17, 15) is 14.0 Å². The third kappa shape index (κ3) is 6.69. The number of hydrogen-bond acceptors (Lipinski definition) is 4. The van der Waals surface area contributed by atoms with Crippen molar-refractivity contribution in [2.45, 2.75) is 46.5 Å². The highest BCUT2D eigenvalue weighted by atomic mass is 19.2. The van der Waals surface area contributed by atoms with Crippen LogP contribution in [0.2, 0.25) is 0 Å². The van der Waals surface area contributed by atoms with E-state index in [0.717, 1.165) is 5.56 Å². The van der Waals surface area contributed by atoms with Crippen molar-refractivity contribution in [3.8, 4) is 5.75 Å². The molecule has 2 amide bonds. The topological polar surface area (TPSA) is 80.3 Å². The number of alkyl halides is 1. The zero-order valence-electron chi connectivity index (χ0n) is 15.9. The predicted molar refractivity (Wildman–Crippen MR) is 101 cm³/mol. The molecule has 0 aliphatic heterocycles. The maximum Gasteiger partial charge on any atom is 0.251 e. The van der Waals surface area contributed by atoms with E-state index >= 15 is 0 Å². The van der Waals surface area contributed by atoms with Crippen molar-refractivity contribution < 1.29 is 18.7 Å². The fraction of sp³-hybridized carbons (Fsp3) is 0.350. The zero-order valence-corrected chi connectivity index (χ0v) is 15.9. The largest absolute Gasteiger partial charge is 0.459 e. The fourth-order valence-corrected chi connectivity index (χ4v) is 2.38. The van der Waals surface area contributed by atoms with Crippen molar-refractivity contribution in [2.75, 3.05) is 5.32 Å². The highest BCUT2D eigenvalue weighted by Gasteiger charge is 2.17. The van der Waals surface area contributed by atoms with Gasteiger partial charge in [0.25, 0.3) is 5.91 Å². The number of amides is 2. The van der Waals surface area contributed by atoms with E-state index in [-0.39, 0.29) is 18.4 Å². The number of ether oxygens (including phenoxy) is 1. The molecule has 1 aromatic heterocycles. The summed E-state index contributed by atoms with van der Waals surface area (Å²) in [6.07, 6.45) is 0.325. The lowest BCUT2D eigenvalue weighted by Gasteiger charge is -2.17. The maximum atomic E-state index is 13.6. The molecule has 0 radical (unpaired) electrons. The molecule has 6 nitrogen and oxygen atoms in total. The molecule has 0 atom stereocenters. The summed E-state index contributed by atoms with van der Waals surface area (Å²) in [4.78, 5) is 28.2. The van der Waals surface area contributed by atoms with Crippen molar-refractivity contribution in [1.29, 1.82) is 0 Å². The van der Waals surface area contributed by atoms with Gasteiger partial charge in [-0.15, -0.1) is 0 Å². The molecule has 2 N–H and O–H groups in total. The van der Waals surface area contributed by atoms with Crippen LogP contribution in [0.25, 0.3) is 0 Å². The van der Waals surface area contributed by atoms with E-state index in [1.54, 1.807) is 38.1 Å². The van der Waals surface area contributed by atoms with Gasteiger partial charge in [0.2, 0.25) is 11.8 Å². The Balaban J connectivity index is 2.05. The van der Waals surface area contributed by atoms with E-state index in [2.05, 4.69) is 15.6 Å². The second-order valence-electron chi connectivity index (χ2n) is 6.58. The Hall–Kier alpha value is -2.96. The highest BCUT2D eigenvalue weighted by Crippen LogP contribution is 2.20. The third-order valence-corrected chi connectivity index (χ3v) is 3.52. The Bertz CT molecular complexity index is 831. The first-order valence-corrected chi connectivity index (χ1v) is 8.70.